The summed E-state index contributed by atoms with van der Waals surface area (Å²) in [5, 5.41) is 2.71. The van der Waals surface area contributed by atoms with Crippen LogP contribution in [0.25, 0.3) is 5.78 Å². The number of nitrogens with zero attached hydrogens (tertiary/aromatic N) is 3. The van der Waals surface area contributed by atoms with Gasteiger partial charge in [-0.25, -0.2) is 10.1 Å². The van der Waals surface area contributed by atoms with Gasteiger partial charge in [0.15, 0.2) is 0 Å². The van der Waals surface area contributed by atoms with Crippen molar-refractivity contribution in [2.75, 3.05) is 7.11 Å². The highest BCUT2D eigenvalue weighted by molar-refractivity contribution is 5.31. The number of H-pyrrole nitrogens is 1. The highest BCUT2D eigenvalue weighted by Gasteiger charge is 2.26. The minimum Gasteiger partial charge on any atom is -0.467 e. The summed E-state index contributed by atoms with van der Waals surface area (Å²) in [4.78, 5) is 20.0. The van der Waals surface area contributed by atoms with Crippen LogP contribution in [-0.4, -0.2) is 26.7 Å². The Bertz CT molecular complexity index is 567. The monoisotopic (exact) mass is 206 g/mol. The minimum absolute atomic E-state index is 0.141. The van der Waals surface area contributed by atoms with E-state index in [2.05, 4.69) is 15.1 Å². The van der Waals surface area contributed by atoms with E-state index in [4.69, 9.17) is 4.74 Å². The molecule has 6 heteroatoms. The molecule has 3 rings (SSSR count). The van der Waals surface area contributed by atoms with Crippen molar-refractivity contribution >= 4 is 5.78 Å². The second kappa shape index (κ2) is 2.82. The Morgan fingerprint density at radius 2 is 2.33 bits per heavy atom. The molecule has 0 saturated heterocycles. The average Bonchev–Trinajstić information content (AvgIpc) is 2.98. The largest absolute Gasteiger partial charge is 0.467 e. The molecule has 0 amide bonds. The van der Waals surface area contributed by atoms with Crippen LogP contribution in [0.1, 0.15) is 24.5 Å². The third-order valence-corrected chi connectivity index (χ3v) is 2.52. The van der Waals surface area contributed by atoms with Gasteiger partial charge >= 0.3 is 6.01 Å². The number of hydrogen-bond donors (Lipinski definition) is 1. The predicted molar refractivity (Wildman–Crippen MR) is 52.1 cm³/mol. The number of ether oxygens (including phenoxy) is 1. The normalized spacial score (nSPS) is 15.8. The van der Waals surface area contributed by atoms with E-state index in [1.165, 1.54) is 11.6 Å². The zero-order valence-electron chi connectivity index (χ0n) is 8.23. The number of methoxy groups -OCH3 is 1. The van der Waals surface area contributed by atoms with Crippen LogP contribution < -0.4 is 10.3 Å². The third-order valence-electron chi connectivity index (χ3n) is 2.52. The molecule has 15 heavy (non-hydrogen) atoms. The van der Waals surface area contributed by atoms with Crippen molar-refractivity contribution in [3.8, 4) is 6.01 Å². The summed E-state index contributed by atoms with van der Waals surface area (Å²) >= 11 is 0. The van der Waals surface area contributed by atoms with Crippen LogP contribution in [0.15, 0.2) is 10.9 Å². The standard InChI is InChI=1S/C9H10N4O2/c1-15-9-11-8-10-6(5-2-3-5)4-7(14)13(8)12-9/h4-5H,2-3H2,1H3,(H,10,11,12). The summed E-state index contributed by atoms with van der Waals surface area (Å²) in [6.07, 6.45) is 2.23. The van der Waals surface area contributed by atoms with E-state index < -0.39 is 0 Å². The predicted octanol–water partition coefficient (Wildman–Crippen LogP) is 0.304. The number of nitrogens with one attached hydrogen (secondary N) is 1. The molecule has 6 nitrogen and oxygen atoms in total. The van der Waals surface area contributed by atoms with Crippen LogP contribution in [0, 0.1) is 0 Å². The Morgan fingerprint density at radius 1 is 1.53 bits per heavy atom. The topological polar surface area (TPSA) is 72.3 Å². The summed E-state index contributed by atoms with van der Waals surface area (Å²) in [5.74, 6) is 0.826. The Morgan fingerprint density at radius 3 is 3.00 bits per heavy atom. The van der Waals surface area contributed by atoms with Crippen LogP contribution in [0.4, 0.5) is 0 Å². The summed E-state index contributed by atoms with van der Waals surface area (Å²) in [6, 6.07) is 1.86. The fraction of sp³-hybridized carbons (Fsp3) is 0.444. The first-order chi connectivity index (χ1) is 7.28. The van der Waals surface area contributed by atoms with Gasteiger partial charge in [-0.3, -0.25) is 4.79 Å². The number of fused-ring (bicyclic) bond motifs is 1. The van der Waals surface area contributed by atoms with Gasteiger partial charge in [-0.15, -0.1) is 0 Å². The number of rotatable bonds is 2. The fourth-order valence-electron chi connectivity index (χ4n) is 1.56. The number of aromatic nitrogens is 4. The van der Waals surface area contributed by atoms with Crippen molar-refractivity contribution in [3.05, 3.63) is 22.1 Å². The maximum atomic E-state index is 11.7. The average molecular weight is 206 g/mol. The molecule has 0 bridgehead atoms. The Kier molecular flexibility index (Phi) is 1.59. The van der Waals surface area contributed by atoms with Crippen molar-refractivity contribution < 1.29 is 4.74 Å². The lowest BCUT2D eigenvalue weighted by molar-refractivity contribution is 0.380. The zero-order valence-corrected chi connectivity index (χ0v) is 8.23. The molecule has 2 aromatic heterocycles. The molecule has 0 radical (unpaired) electrons. The van der Waals surface area contributed by atoms with Crippen LogP contribution in [-0.2, 0) is 0 Å². The van der Waals surface area contributed by atoms with Gasteiger partial charge in [0, 0.05) is 12.0 Å². The molecule has 2 aromatic rings. The van der Waals surface area contributed by atoms with Gasteiger partial charge in [-0.1, -0.05) is 0 Å². The van der Waals surface area contributed by atoms with E-state index in [1.54, 1.807) is 6.07 Å². The molecule has 0 atom stereocenters. The smallest absolute Gasteiger partial charge is 0.312 e. The van der Waals surface area contributed by atoms with Crippen LogP contribution >= 0.6 is 0 Å². The first kappa shape index (κ1) is 8.46. The molecule has 0 aliphatic heterocycles. The molecule has 2 heterocycles. The van der Waals surface area contributed by atoms with Crippen LogP contribution in [0.2, 0.25) is 0 Å². The molecule has 1 fully saturated rings. The quantitative estimate of drug-likeness (QED) is 0.767. The van der Waals surface area contributed by atoms with E-state index in [9.17, 15) is 4.79 Å². The van der Waals surface area contributed by atoms with Crippen molar-refractivity contribution in [2.45, 2.75) is 18.8 Å². The van der Waals surface area contributed by atoms with Gasteiger partial charge in [-0.2, -0.15) is 9.50 Å². The highest BCUT2D eigenvalue weighted by Crippen LogP contribution is 2.38. The van der Waals surface area contributed by atoms with Gasteiger partial charge in [0.05, 0.1) is 12.8 Å². The van der Waals surface area contributed by atoms with E-state index in [-0.39, 0.29) is 5.56 Å². The maximum absolute atomic E-state index is 11.7. The Hall–Kier alpha value is -1.85. The second-order valence-corrected chi connectivity index (χ2v) is 3.66. The lowest BCUT2D eigenvalue weighted by Gasteiger charge is -1.95. The lowest BCUT2D eigenvalue weighted by Crippen LogP contribution is -2.15. The van der Waals surface area contributed by atoms with E-state index in [0.717, 1.165) is 18.5 Å². The molecule has 1 aliphatic carbocycles. The van der Waals surface area contributed by atoms with Gasteiger partial charge in [-0.05, 0) is 12.8 Å². The highest BCUT2D eigenvalue weighted by atomic mass is 16.5. The Labute approximate surface area is 84.9 Å². The summed E-state index contributed by atoms with van der Waals surface area (Å²) in [6.45, 7) is 0. The SMILES string of the molecule is COc1nc2nc(C3CC3)cc(=O)n2[nH]1. The first-order valence-electron chi connectivity index (χ1n) is 4.81. The minimum atomic E-state index is -0.141. The van der Waals surface area contributed by atoms with E-state index in [1.807, 2.05) is 0 Å². The van der Waals surface area contributed by atoms with Crippen molar-refractivity contribution in [1.82, 2.24) is 19.6 Å². The van der Waals surface area contributed by atoms with Gasteiger partial charge in [0.2, 0.25) is 0 Å². The van der Waals surface area contributed by atoms with Crippen molar-refractivity contribution in [2.24, 2.45) is 0 Å². The summed E-state index contributed by atoms with van der Waals surface area (Å²) in [5.41, 5.74) is 0.701. The molecule has 1 saturated carbocycles. The Balaban J connectivity index is 2.24. The van der Waals surface area contributed by atoms with Gasteiger partial charge in [0.1, 0.15) is 0 Å². The molecule has 78 valence electrons. The first-order valence-corrected chi connectivity index (χ1v) is 4.81. The second-order valence-electron chi connectivity index (χ2n) is 3.66. The fourth-order valence-corrected chi connectivity index (χ4v) is 1.56. The summed E-state index contributed by atoms with van der Waals surface area (Å²) in [7, 11) is 1.49. The van der Waals surface area contributed by atoms with E-state index >= 15 is 0 Å². The molecule has 0 spiro atoms. The maximum Gasteiger partial charge on any atom is 0.312 e. The van der Waals surface area contributed by atoms with Gasteiger partial charge < -0.3 is 4.74 Å². The van der Waals surface area contributed by atoms with Crippen molar-refractivity contribution in [1.29, 1.82) is 0 Å². The van der Waals surface area contributed by atoms with Crippen molar-refractivity contribution in [3.63, 3.8) is 0 Å². The number of hydrogen-bond acceptors (Lipinski definition) is 4. The molecule has 1 aliphatic rings. The van der Waals surface area contributed by atoms with Crippen LogP contribution in [0.3, 0.4) is 0 Å². The van der Waals surface area contributed by atoms with Crippen LogP contribution in [0.5, 0.6) is 6.01 Å². The molecular weight excluding hydrogens is 196 g/mol. The van der Waals surface area contributed by atoms with Gasteiger partial charge in [0.25, 0.3) is 11.3 Å². The molecule has 0 aromatic carbocycles. The molecule has 1 N–H and O–H groups in total. The van der Waals surface area contributed by atoms with E-state index in [0.29, 0.717) is 17.7 Å². The molecular formula is C9H10N4O2. The number of aromatic amines is 1. The summed E-state index contributed by atoms with van der Waals surface area (Å²) < 4.78 is 6.19. The third kappa shape index (κ3) is 1.29. The zero-order chi connectivity index (χ0) is 10.4. The molecule has 0 unspecified atom stereocenters. The lowest BCUT2D eigenvalue weighted by atomic mass is 10.3.